The van der Waals surface area contributed by atoms with Gasteiger partial charge in [0.1, 0.15) is 0 Å². The molecule has 1 heterocycles. The van der Waals surface area contributed by atoms with Crippen molar-refractivity contribution in [1.29, 1.82) is 0 Å². The molecule has 0 spiro atoms. The van der Waals surface area contributed by atoms with E-state index in [2.05, 4.69) is 24.5 Å². The first-order chi connectivity index (χ1) is 9.26. The van der Waals surface area contributed by atoms with Crippen LogP contribution in [0.5, 0.6) is 0 Å². The third-order valence-electron chi connectivity index (χ3n) is 3.68. The number of hydrogen-bond donors (Lipinski definition) is 2. The highest BCUT2D eigenvalue weighted by Gasteiger charge is 2.17. The van der Waals surface area contributed by atoms with Gasteiger partial charge >= 0.3 is 0 Å². The van der Waals surface area contributed by atoms with Crippen LogP contribution in [0.2, 0.25) is 0 Å². The Labute approximate surface area is 122 Å². The highest BCUT2D eigenvalue weighted by atomic mass is 32.2. The van der Waals surface area contributed by atoms with E-state index in [1.54, 1.807) is 0 Å². The zero-order chi connectivity index (χ0) is 13.9. The third kappa shape index (κ3) is 7.83. The molecule has 3 nitrogen and oxygen atoms in total. The lowest BCUT2D eigenvalue weighted by Crippen LogP contribution is -2.42. The smallest absolute Gasteiger partial charge is 0.221 e. The van der Waals surface area contributed by atoms with Crippen LogP contribution in [0.1, 0.15) is 52.4 Å². The SMILES string of the molecule is CCCCC(CCC)CNC(=O)CC1CSCCN1. The van der Waals surface area contributed by atoms with Crippen LogP contribution in [0.15, 0.2) is 0 Å². The van der Waals surface area contributed by atoms with E-state index in [4.69, 9.17) is 0 Å². The molecule has 2 N–H and O–H groups in total. The summed E-state index contributed by atoms with van der Waals surface area (Å²) >= 11 is 1.95. The maximum absolute atomic E-state index is 11.9. The van der Waals surface area contributed by atoms with Crippen molar-refractivity contribution in [2.45, 2.75) is 58.4 Å². The largest absolute Gasteiger partial charge is 0.356 e. The molecule has 0 aromatic heterocycles. The fourth-order valence-corrected chi connectivity index (χ4v) is 3.50. The Kier molecular flexibility index (Phi) is 9.35. The molecule has 1 rings (SSSR count). The summed E-state index contributed by atoms with van der Waals surface area (Å²) in [4.78, 5) is 11.9. The Morgan fingerprint density at radius 3 is 2.84 bits per heavy atom. The van der Waals surface area contributed by atoms with Crippen LogP contribution in [0.3, 0.4) is 0 Å². The number of amides is 1. The fourth-order valence-electron chi connectivity index (χ4n) is 2.55. The molecule has 1 aliphatic rings. The van der Waals surface area contributed by atoms with E-state index in [9.17, 15) is 4.79 Å². The first-order valence-corrected chi connectivity index (χ1v) is 8.99. The molecule has 1 saturated heterocycles. The second kappa shape index (κ2) is 10.6. The van der Waals surface area contributed by atoms with Crippen molar-refractivity contribution in [3.8, 4) is 0 Å². The minimum atomic E-state index is 0.220. The van der Waals surface area contributed by atoms with Crippen molar-refractivity contribution in [2.75, 3.05) is 24.6 Å². The zero-order valence-corrected chi connectivity index (χ0v) is 13.4. The van der Waals surface area contributed by atoms with Gasteiger partial charge < -0.3 is 10.6 Å². The molecule has 2 unspecified atom stereocenters. The summed E-state index contributed by atoms with van der Waals surface area (Å²) in [5.41, 5.74) is 0. The van der Waals surface area contributed by atoms with Gasteiger partial charge in [0, 0.05) is 37.1 Å². The summed E-state index contributed by atoms with van der Waals surface area (Å²) in [5, 5.41) is 6.55. The number of nitrogens with one attached hydrogen (secondary N) is 2. The highest BCUT2D eigenvalue weighted by Crippen LogP contribution is 2.14. The molecule has 0 aromatic rings. The molecular formula is C15H30N2OS. The summed E-state index contributed by atoms with van der Waals surface area (Å²) < 4.78 is 0. The van der Waals surface area contributed by atoms with Crippen molar-refractivity contribution in [3.63, 3.8) is 0 Å². The normalized spacial score (nSPS) is 21.1. The minimum absolute atomic E-state index is 0.220. The lowest BCUT2D eigenvalue weighted by atomic mass is 9.97. The van der Waals surface area contributed by atoms with Gasteiger partial charge in [0.15, 0.2) is 0 Å². The minimum Gasteiger partial charge on any atom is -0.356 e. The third-order valence-corrected chi connectivity index (χ3v) is 4.81. The van der Waals surface area contributed by atoms with Crippen molar-refractivity contribution < 1.29 is 4.79 Å². The lowest BCUT2D eigenvalue weighted by molar-refractivity contribution is -0.121. The van der Waals surface area contributed by atoms with Crippen LogP contribution in [0, 0.1) is 5.92 Å². The van der Waals surface area contributed by atoms with Gasteiger partial charge in [0.05, 0.1) is 0 Å². The van der Waals surface area contributed by atoms with E-state index in [1.165, 1.54) is 37.9 Å². The van der Waals surface area contributed by atoms with Crippen LogP contribution in [-0.4, -0.2) is 36.5 Å². The Balaban J connectivity index is 2.18. The maximum Gasteiger partial charge on any atom is 0.221 e. The molecule has 4 heteroatoms. The van der Waals surface area contributed by atoms with Crippen molar-refractivity contribution in [2.24, 2.45) is 5.92 Å². The summed E-state index contributed by atoms with van der Waals surface area (Å²) in [7, 11) is 0. The summed E-state index contributed by atoms with van der Waals surface area (Å²) in [6.45, 7) is 6.36. The van der Waals surface area contributed by atoms with Gasteiger partial charge in [-0.3, -0.25) is 4.79 Å². The van der Waals surface area contributed by atoms with Crippen molar-refractivity contribution in [3.05, 3.63) is 0 Å². The second-order valence-electron chi connectivity index (χ2n) is 5.53. The van der Waals surface area contributed by atoms with Crippen LogP contribution in [0.25, 0.3) is 0 Å². The summed E-state index contributed by atoms with van der Waals surface area (Å²) in [5.74, 6) is 3.13. The molecule has 1 aliphatic heterocycles. The quantitative estimate of drug-likeness (QED) is 0.685. The van der Waals surface area contributed by atoms with Gasteiger partial charge in [-0.15, -0.1) is 0 Å². The van der Waals surface area contributed by atoms with E-state index in [0.717, 1.165) is 18.8 Å². The van der Waals surface area contributed by atoms with Crippen LogP contribution in [0.4, 0.5) is 0 Å². The molecule has 0 aromatic carbocycles. The average molecular weight is 286 g/mol. The first-order valence-electron chi connectivity index (χ1n) is 7.84. The van der Waals surface area contributed by atoms with Gasteiger partial charge in [0.2, 0.25) is 5.91 Å². The average Bonchev–Trinajstić information content (AvgIpc) is 2.43. The summed E-state index contributed by atoms with van der Waals surface area (Å²) in [6, 6.07) is 0.374. The zero-order valence-electron chi connectivity index (χ0n) is 12.5. The number of carbonyl (C=O) groups is 1. The Bertz CT molecular complexity index is 242. The fraction of sp³-hybridized carbons (Fsp3) is 0.933. The highest BCUT2D eigenvalue weighted by molar-refractivity contribution is 7.99. The van der Waals surface area contributed by atoms with E-state index < -0.39 is 0 Å². The van der Waals surface area contributed by atoms with Gasteiger partial charge in [-0.1, -0.05) is 33.1 Å². The predicted octanol–water partition coefficient (Wildman–Crippen LogP) is 2.80. The van der Waals surface area contributed by atoms with Crippen LogP contribution >= 0.6 is 11.8 Å². The molecule has 0 aliphatic carbocycles. The van der Waals surface area contributed by atoms with E-state index in [-0.39, 0.29) is 5.91 Å². The Hall–Kier alpha value is -0.220. The number of hydrogen-bond acceptors (Lipinski definition) is 3. The van der Waals surface area contributed by atoms with E-state index in [0.29, 0.717) is 18.4 Å². The molecule has 0 radical (unpaired) electrons. The number of thioether (sulfide) groups is 1. The van der Waals surface area contributed by atoms with Gasteiger partial charge in [-0.2, -0.15) is 11.8 Å². The molecular weight excluding hydrogens is 256 g/mol. The predicted molar refractivity (Wildman–Crippen MR) is 84.7 cm³/mol. The number of rotatable bonds is 9. The van der Waals surface area contributed by atoms with E-state index >= 15 is 0 Å². The molecule has 1 amide bonds. The Morgan fingerprint density at radius 1 is 1.37 bits per heavy atom. The Morgan fingerprint density at radius 2 is 2.21 bits per heavy atom. The number of carbonyl (C=O) groups excluding carboxylic acids is 1. The van der Waals surface area contributed by atoms with Crippen molar-refractivity contribution >= 4 is 17.7 Å². The molecule has 2 atom stereocenters. The van der Waals surface area contributed by atoms with Crippen LogP contribution < -0.4 is 10.6 Å². The maximum atomic E-state index is 11.9. The van der Waals surface area contributed by atoms with Crippen LogP contribution in [-0.2, 0) is 4.79 Å². The van der Waals surface area contributed by atoms with Gasteiger partial charge in [-0.05, 0) is 18.8 Å². The summed E-state index contributed by atoms with van der Waals surface area (Å²) in [6.07, 6.45) is 6.86. The first kappa shape index (κ1) is 16.8. The van der Waals surface area contributed by atoms with E-state index in [1.807, 2.05) is 11.8 Å². The molecule has 19 heavy (non-hydrogen) atoms. The number of unbranched alkanes of at least 4 members (excludes halogenated alkanes) is 1. The molecule has 0 bridgehead atoms. The van der Waals surface area contributed by atoms with Crippen molar-refractivity contribution in [1.82, 2.24) is 10.6 Å². The second-order valence-corrected chi connectivity index (χ2v) is 6.68. The molecule has 1 fully saturated rings. The monoisotopic (exact) mass is 286 g/mol. The lowest BCUT2D eigenvalue weighted by Gasteiger charge is -2.23. The standard InChI is InChI=1S/C15H30N2OS/c1-3-5-7-13(6-4-2)11-17-15(18)10-14-12-19-9-8-16-14/h13-14,16H,3-12H2,1-2H3,(H,17,18). The molecule has 0 saturated carbocycles. The van der Waals surface area contributed by atoms with Gasteiger partial charge in [-0.25, -0.2) is 0 Å². The topological polar surface area (TPSA) is 41.1 Å². The van der Waals surface area contributed by atoms with Gasteiger partial charge in [0.25, 0.3) is 0 Å². The molecule has 112 valence electrons.